The van der Waals surface area contributed by atoms with E-state index in [0.717, 1.165) is 88.4 Å². The third-order valence-electron chi connectivity index (χ3n) is 28.1. The van der Waals surface area contributed by atoms with Gasteiger partial charge in [0, 0.05) is 22.3 Å². The van der Waals surface area contributed by atoms with Gasteiger partial charge in [-0.05, 0) is 100 Å². The van der Waals surface area contributed by atoms with Crippen LogP contribution in [0.5, 0.6) is 0 Å². The van der Waals surface area contributed by atoms with Gasteiger partial charge in [0.15, 0.2) is 0 Å². The number of allylic oxidation sites excluding steroid dienone is 6. The largest absolute Gasteiger partial charge is 2.00 e. The summed E-state index contributed by atoms with van der Waals surface area (Å²) in [5, 5.41) is 0. The molecule has 0 aromatic heterocycles. The van der Waals surface area contributed by atoms with Crippen LogP contribution in [-0.2, 0) is 29.3 Å². The zero-order valence-electron chi connectivity index (χ0n) is 87.4. The smallest absolute Gasteiger partial charge is 0.493 e. The van der Waals surface area contributed by atoms with E-state index >= 15 is 0 Å². The van der Waals surface area contributed by atoms with Crippen molar-refractivity contribution in [3.63, 3.8) is 0 Å². The fraction of sp³-hybridized carbons (Fsp3) is 0.823. The van der Waals surface area contributed by atoms with Crippen LogP contribution >= 0.6 is 0 Å². The van der Waals surface area contributed by atoms with E-state index in [1.807, 2.05) is 0 Å². The molecule has 0 fully saturated rings. The van der Waals surface area contributed by atoms with Gasteiger partial charge in [-0.15, -0.1) is 0 Å². The van der Waals surface area contributed by atoms with E-state index in [-0.39, 0.29) is 16.5 Å². The molecular weight excluding hydrogens is 1580 g/mol. The minimum Gasteiger partial charge on any atom is -0.493 e. The van der Waals surface area contributed by atoms with Crippen LogP contribution in [0.25, 0.3) is 16.9 Å². The molecule has 3 heteroatoms. The van der Waals surface area contributed by atoms with Gasteiger partial charge < -0.3 is 19.4 Å². The Labute approximate surface area is 810 Å². The summed E-state index contributed by atoms with van der Waals surface area (Å²) in [5.41, 5.74) is 22.5. The third kappa shape index (κ3) is 81.6. The maximum atomic E-state index is 12.5. The first-order valence-electron chi connectivity index (χ1n) is 58.5. The second-order valence-electron chi connectivity index (χ2n) is 40.4. The first-order valence-corrected chi connectivity index (χ1v) is 58.5. The van der Waals surface area contributed by atoms with Crippen LogP contribution < -0.4 is 0 Å². The van der Waals surface area contributed by atoms with Gasteiger partial charge in [-0.2, -0.15) is 12.8 Å². The van der Waals surface area contributed by atoms with Crippen molar-refractivity contribution in [3.8, 4) is 0 Å². The molecule has 3 rings (SSSR count). The van der Waals surface area contributed by atoms with Gasteiger partial charge in [0.25, 0.3) is 0 Å². The van der Waals surface area contributed by atoms with Gasteiger partial charge in [0.2, 0.25) is 11.4 Å². The molecule has 0 unspecified atom stereocenters. The average Bonchev–Trinajstić information content (AvgIpc) is 1.60. The van der Waals surface area contributed by atoms with E-state index in [9.17, 15) is 5.53 Å². The fourth-order valence-electron chi connectivity index (χ4n) is 19.6. The Balaban J connectivity index is 0.00000252. The van der Waals surface area contributed by atoms with E-state index in [1.54, 1.807) is 4.70 Å². The number of rotatable bonds is 98. The molecule has 0 spiro atoms. The molecule has 2 aromatic rings. The monoisotopic (exact) mass is 1800 g/mol. The van der Waals surface area contributed by atoms with Gasteiger partial charge in [-0.1, -0.05) is 629 Å². The summed E-state index contributed by atoms with van der Waals surface area (Å²) >= 11 is 0. The predicted molar refractivity (Wildman–Crippen MR) is 575 cm³/mol. The average molecular weight is 1800 g/mol. The zero-order valence-corrected chi connectivity index (χ0v) is 88.4. The summed E-state index contributed by atoms with van der Waals surface area (Å²) in [6, 6.07) is 17.9. The zero-order chi connectivity index (χ0) is 90.6. The first-order chi connectivity index (χ1) is 62.5. The van der Waals surface area contributed by atoms with Gasteiger partial charge >= 0.3 is 16.5 Å². The van der Waals surface area contributed by atoms with Crippen molar-refractivity contribution in [2.24, 2.45) is 0 Å². The Kier molecular flexibility index (Phi) is 103. The third-order valence-corrected chi connectivity index (χ3v) is 28.1. The van der Waals surface area contributed by atoms with Crippen molar-refractivity contribution in [2.75, 3.05) is 0 Å². The van der Waals surface area contributed by atoms with E-state index < -0.39 is 0 Å². The van der Waals surface area contributed by atoms with Crippen molar-refractivity contribution in [1.29, 1.82) is 0 Å². The molecular formula is C124H226N2Ni. The number of hydrogen-bond acceptors (Lipinski definition) is 0. The minimum atomic E-state index is 0. The SMILES string of the molecule is CCCCCCCCCCCCCCCCCCCCCC=CCCc1ccccc1C1=C(CCCC)C(CCCC)=C(c2ccccc2CCC=CCCCCCCCCCCCCCCCCCCCCC)[N+]1=[N-].[CH2-]CCCCCCCCCCCCCCCCCCCCCCCC.[CH2-]CCCCCCCCCCCCCCCCCCCCCCCC.[Ni+2]. The van der Waals surface area contributed by atoms with Crippen molar-refractivity contribution < 1.29 is 21.2 Å². The van der Waals surface area contributed by atoms with Crippen LogP contribution in [0.4, 0.5) is 0 Å². The number of benzene rings is 2. The van der Waals surface area contributed by atoms with Crippen molar-refractivity contribution in [2.45, 2.75) is 658 Å². The Hall–Kier alpha value is -2.51. The summed E-state index contributed by atoms with van der Waals surface area (Å²) in [6.45, 7) is 21.6. The molecule has 0 amide bonds. The fourth-order valence-corrected chi connectivity index (χ4v) is 19.6. The number of nitrogens with zero attached hydrogens (tertiary/aromatic N) is 2. The van der Waals surface area contributed by atoms with Crippen LogP contribution in [0.1, 0.15) is 667 Å². The standard InChI is InChI=1S/C74H124N2.2C25H51.Ni/c1-5-9-13-15-17-19-21-23-25-27-29-31-33-35-37-39-41-43-45-47-49-51-53-59-67-61-55-57-65-69(67)73-71(63-11-7-3)72(64-12-8-4)74(76(73)75)70-66-58-56-62-68(70)60-54-52-50-48-46-44-42-40-38-36-34-32-30-28-26-24-22-20-18-16-14-10-6-2;2*1-3-5-7-9-11-13-15-17-19-21-23-25-24-22-20-18-16-14-12-10-8-6-4-2;/h49-52,55-58,61-62,65-66H,5-48,53-54,59-60,63-64H2,1-4H3;2*1,3-25H2,2H3;/q;2*-1;+2. The van der Waals surface area contributed by atoms with Crippen LogP contribution in [0, 0.1) is 13.8 Å². The van der Waals surface area contributed by atoms with Gasteiger partial charge in [0.1, 0.15) is 0 Å². The maximum absolute atomic E-state index is 12.5. The van der Waals surface area contributed by atoms with Gasteiger partial charge in [0.05, 0.1) is 0 Å². The maximum Gasteiger partial charge on any atom is 2.00 e. The molecule has 0 bridgehead atoms. The van der Waals surface area contributed by atoms with Crippen molar-refractivity contribution in [3.05, 3.63) is 126 Å². The first kappa shape index (κ1) is 124. The van der Waals surface area contributed by atoms with Gasteiger partial charge in [-0.3, -0.25) is 0 Å². The van der Waals surface area contributed by atoms with Crippen LogP contribution in [-0.4, -0.2) is 4.70 Å². The topological polar surface area (TPSA) is 25.3 Å². The molecule has 0 aliphatic carbocycles. The normalized spacial score (nSPS) is 12.3. The molecule has 1 heterocycles. The molecule has 742 valence electrons. The molecule has 2 aromatic carbocycles. The van der Waals surface area contributed by atoms with E-state index in [2.05, 4.69) is 128 Å². The molecule has 0 saturated carbocycles. The Morgan fingerprint density at radius 1 is 0.197 bits per heavy atom. The van der Waals surface area contributed by atoms with E-state index in [0.29, 0.717) is 0 Å². The van der Waals surface area contributed by atoms with Crippen molar-refractivity contribution >= 4 is 11.4 Å². The second kappa shape index (κ2) is 106. The minimum absolute atomic E-state index is 0. The molecule has 0 saturated heterocycles. The van der Waals surface area contributed by atoms with E-state index in [4.69, 9.17) is 0 Å². The Bertz CT molecular complexity index is 2400. The number of unbranched alkanes of at least 4 members (excludes halogenated alkanes) is 84. The molecule has 127 heavy (non-hydrogen) atoms. The Morgan fingerprint density at radius 3 is 0.535 bits per heavy atom. The summed E-state index contributed by atoms with van der Waals surface area (Å²) in [4.78, 5) is 0. The molecule has 2 nitrogen and oxygen atoms in total. The van der Waals surface area contributed by atoms with E-state index in [1.165, 1.54) is 573 Å². The molecule has 0 radical (unpaired) electrons. The van der Waals surface area contributed by atoms with Crippen LogP contribution in [0.15, 0.2) is 84.0 Å². The predicted octanol–water partition coefficient (Wildman–Crippen LogP) is 45.5. The molecule has 0 atom stereocenters. The van der Waals surface area contributed by atoms with Crippen molar-refractivity contribution in [1.82, 2.24) is 0 Å². The number of hydrogen-bond donors (Lipinski definition) is 0. The van der Waals surface area contributed by atoms with Crippen LogP contribution in [0.3, 0.4) is 0 Å². The molecule has 1 aliphatic rings. The summed E-state index contributed by atoms with van der Waals surface area (Å²) in [7, 11) is 0. The second-order valence-corrected chi connectivity index (χ2v) is 40.4. The molecule has 0 N–H and O–H groups in total. The quantitative estimate of drug-likeness (QED) is 0.0207. The summed E-state index contributed by atoms with van der Waals surface area (Å²) in [6.07, 6.45) is 144. The summed E-state index contributed by atoms with van der Waals surface area (Å²) < 4.78 is 1.64. The van der Waals surface area contributed by atoms with Gasteiger partial charge in [-0.25, -0.2) is 4.70 Å². The van der Waals surface area contributed by atoms with Crippen LogP contribution in [0.2, 0.25) is 0 Å². The molecule has 1 aliphatic heterocycles. The number of aryl methyl sites for hydroxylation is 2. The summed E-state index contributed by atoms with van der Waals surface area (Å²) in [5.74, 6) is 0. The Morgan fingerprint density at radius 2 is 0.354 bits per heavy atom.